The molecule has 0 spiro atoms. The van der Waals surface area contributed by atoms with Crippen molar-refractivity contribution in [3.8, 4) is 0 Å². The van der Waals surface area contributed by atoms with E-state index in [-0.39, 0.29) is 0 Å². The number of nitrogens with zero attached hydrogens (tertiary/aromatic N) is 3. The predicted octanol–water partition coefficient (Wildman–Crippen LogP) is 1.36. The van der Waals surface area contributed by atoms with E-state index in [1.165, 1.54) is 25.0 Å². The fourth-order valence-corrected chi connectivity index (χ4v) is 3.06. The maximum atomic E-state index is 4.32. The topological polar surface area (TPSA) is 42.7 Å². The van der Waals surface area contributed by atoms with Gasteiger partial charge in [0.2, 0.25) is 0 Å². The summed E-state index contributed by atoms with van der Waals surface area (Å²) < 4.78 is 2.17. The Labute approximate surface area is 96.4 Å². The van der Waals surface area contributed by atoms with Gasteiger partial charge in [0.1, 0.15) is 0 Å². The summed E-state index contributed by atoms with van der Waals surface area (Å²) in [7, 11) is 0. The molecule has 0 radical (unpaired) electrons. The maximum absolute atomic E-state index is 4.32. The molecule has 16 heavy (non-hydrogen) atoms. The average Bonchev–Trinajstić information content (AvgIpc) is 2.88. The lowest BCUT2D eigenvalue weighted by Gasteiger charge is -2.18. The molecule has 4 nitrogen and oxygen atoms in total. The quantitative estimate of drug-likeness (QED) is 0.818. The standard InChI is InChI=1S/C12H20N4/c1-9-3-2-4-10(9)8-16-12-5-6-13-7-11(12)14-15-16/h9-10,13H,2-8H2,1H3. The van der Waals surface area contributed by atoms with Crippen LogP contribution < -0.4 is 5.32 Å². The van der Waals surface area contributed by atoms with Crippen LogP contribution in [0.3, 0.4) is 0 Å². The number of rotatable bonds is 2. The summed E-state index contributed by atoms with van der Waals surface area (Å²) in [6.07, 6.45) is 5.24. The van der Waals surface area contributed by atoms with E-state index in [0.717, 1.165) is 43.6 Å². The van der Waals surface area contributed by atoms with E-state index in [1.54, 1.807) is 0 Å². The zero-order valence-corrected chi connectivity index (χ0v) is 9.95. The third-order valence-electron chi connectivity index (χ3n) is 4.20. The first-order valence-electron chi connectivity index (χ1n) is 6.46. The van der Waals surface area contributed by atoms with Crippen LogP contribution in [-0.2, 0) is 19.5 Å². The number of hydrogen-bond donors (Lipinski definition) is 1. The Morgan fingerprint density at radius 2 is 2.38 bits per heavy atom. The van der Waals surface area contributed by atoms with Crippen molar-refractivity contribution in [1.29, 1.82) is 0 Å². The van der Waals surface area contributed by atoms with Crippen molar-refractivity contribution in [2.75, 3.05) is 6.54 Å². The van der Waals surface area contributed by atoms with Gasteiger partial charge in [-0.1, -0.05) is 25.0 Å². The van der Waals surface area contributed by atoms with Crippen LogP contribution >= 0.6 is 0 Å². The Kier molecular flexibility index (Phi) is 2.67. The van der Waals surface area contributed by atoms with Crippen LogP contribution in [0.25, 0.3) is 0 Å². The number of nitrogens with one attached hydrogen (secondary N) is 1. The van der Waals surface area contributed by atoms with Gasteiger partial charge in [0.25, 0.3) is 0 Å². The molecule has 2 unspecified atom stereocenters. The first-order chi connectivity index (χ1) is 7.84. The van der Waals surface area contributed by atoms with Gasteiger partial charge in [-0.15, -0.1) is 5.10 Å². The molecular formula is C12H20N4. The largest absolute Gasteiger partial charge is 0.311 e. The van der Waals surface area contributed by atoms with Gasteiger partial charge in [-0.3, -0.25) is 0 Å². The van der Waals surface area contributed by atoms with E-state index in [1.807, 2.05) is 0 Å². The Morgan fingerprint density at radius 3 is 3.19 bits per heavy atom. The zero-order chi connectivity index (χ0) is 11.0. The van der Waals surface area contributed by atoms with Crippen LogP contribution in [0.15, 0.2) is 0 Å². The predicted molar refractivity (Wildman–Crippen MR) is 61.9 cm³/mol. The number of aromatic nitrogens is 3. The van der Waals surface area contributed by atoms with E-state index in [4.69, 9.17) is 0 Å². The molecule has 0 saturated heterocycles. The zero-order valence-electron chi connectivity index (χ0n) is 9.95. The van der Waals surface area contributed by atoms with Crippen molar-refractivity contribution in [2.45, 2.75) is 45.7 Å². The highest BCUT2D eigenvalue weighted by Crippen LogP contribution is 2.32. The molecule has 1 saturated carbocycles. The Morgan fingerprint density at radius 1 is 1.44 bits per heavy atom. The lowest BCUT2D eigenvalue weighted by Crippen LogP contribution is -2.26. The summed E-state index contributed by atoms with van der Waals surface area (Å²) in [5, 5.41) is 11.9. The van der Waals surface area contributed by atoms with Crippen LogP contribution in [0.5, 0.6) is 0 Å². The SMILES string of the molecule is CC1CCCC1Cn1nnc2c1CCNC2. The number of fused-ring (bicyclic) bond motifs is 1. The normalized spacial score (nSPS) is 29.3. The molecule has 4 heteroatoms. The van der Waals surface area contributed by atoms with Gasteiger partial charge in [0, 0.05) is 26.1 Å². The summed E-state index contributed by atoms with van der Waals surface area (Å²) in [6.45, 7) is 5.43. The molecular weight excluding hydrogens is 200 g/mol. The molecule has 3 rings (SSSR count). The van der Waals surface area contributed by atoms with Crippen LogP contribution in [0.1, 0.15) is 37.6 Å². The first kappa shape index (κ1) is 10.3. The van der Waals surface area contributed by atoms with Crippen molar-refractivity contribution in [2.24, 2.45) is 11.8 Å². The second kappa shape index (κ2) is 4.17. The third kappa shape index (κ3) is 1.75. The molecule has 1 aliphatic carbocycles. The van der Waals surface area contributed by atoms with E-state index in [0.29, 0.717) is 0 Å². The summed E-state index contributed by atoms with van der Waals surface area (Å²) >= 11 is 0. The molecule has 1 aromatic rings. The van der Waals surface area contributed by atoms with Crippen molar-refractivity contribution in [3.05, 3.63) is 11.4 Å². The molecule has 1 aliphatic heterocycles. The summed E-state index contributed by atoms with van der Waals surface area (Å²) in [5.74, 6) is 1.68. The molecule has 1 aromatic heterocycles. The highest BCUT2D eigenvalue weighted by Gasteiger charge is 2.26. The first-order valence-corrected chi connectivity index (χ1v) is 6.46. The minimum atomic E-state index is 0.820. The highest BCUT2D eigenvalue weighted by atomic mass is 15.4. The molecule has 1 fully saturated rings. The van der Waals surface area contributed by atoms with Crippen LogP contribution in [0, 0.1) is 11.8 Å². The molecule has 0 aromatic carbocycles. The van der Waals surface area contributed by atoms with Crippen LogP contribution in [0.2, 0.25) is 0 Å². The van der Waals surface area contributed by atoms with Gasteiger partial charge < -0.3 is 5.32 Å². The minimum Gasteiger partial charge on any atom is -0.311 e. The van der Waals surface area contributed by atoms with Gasteiger partial charge in [0.05, 0.1) is 11.4 Å². The number of hydrogen-bond acceptors (Lipinski definition) is 3. The maximum Gasteiger partial charge on any atom is 0.0997 e. The fourth-order valence-electron chi connectivity index (χ4n) is 3.06. The van der Waals surface area contributed by atoms with Gasteiger partial charge in [-0.25, -0.2) is 4.68 Å². The van der Waals surface area contributed by atoms with Gasteiger partial charge in [-0.2, -0.15) is 0 Å². The third-order valence-corrected chi connectivity index (χ3v) is 4.20. The minimum absolute atomic E-state index is 0.820. The average molecular weight is 220 g/mol. The fraction of sp³-hybridized carbons (Fsp3) is 0.833. The lowest BCUT2D eigenvalue weighted by atomic mass is 9.98. The van der Waals surface area contributed by atoms with E-state index in [2.05, 4.69) is 27.2 Å². The molecule has 0 bridgehead atoms. The van der Waals surface area contributed by atoms with Crippen molar-refractivity contribution in [1.82, 2.24) is 20.3 Å². The van der Waals surface area contributed by atoms with Crippen LogP contribution in [-0.4, -0.2) is 21.5 Å². The van der Waals surface area contributed by atoms with E-state index >= 15 is 0 Å². The second-order valence-corrected chi connectivity index (χ2v) is 5.26. The van der Waals surface area contributed by atoms with Crippen LogP contribution in [0.4, 0.5) is 0 Å². The van der Waals surface area contributed by atoms with E-state index in [9.17, 15) is 0 Å². The van der Waals surface area contributed by atoms with Gasteiger partial charge in [0.15, 0.2) is 0 Å². The van der Waals surface area contributed by atoms with Gasteiger partial charge in [-0.05, 0) is 18.3 Å². The van der Waals surface area contributed by atoms with E-state index < -0.39 is 0 Å². The van der Waals surface area contributed by atoms with Gasteiger partial charge >= 0.3 is 0 Å². The Bertz CT molecular complexity index is 371. The molecule has 0 amide bonds. The smallest absolute Gasteiger partial charge is 0.0997 e. The van der Waals surface area contributed by atoms with Crippen molar-refractivity contribution in [3.63, 3.8) is 0 Å². The van der Waals surface area contributed by atoms with Crippen molar-refractivity contribution >= 4 is 0 Å². The molecule has 1 N–H and O–H groups in total. The summed E-state index contributed by atoms with van der Waals surface area (Å²) in [4.78, 5) is 0. The summed E-state index contributed by atoms with van der Waals surface area (Å²) in [6, 6.07) is 0. The molecule has 2 heterocycles. The Hall–Kier alpha value is -0.900. The lowest BCUT2D eigenvalue weighted by molar-refractivity contribution is 0.337. The molecule has 2 aliphatic rings. The molecule has 88 valence electrons. The molecule has 2 atom stereocenters. The highest BCUT2D eigenvalue weighted by molar-refractivity contribution is 5.13. The second-order valence-electron chi connectivity index (χ2n) is 5.26. The summed E-state index contributed by atoms with van der Waals surface area (Å²) in [5.41, 5.74) is 2.54. The monoisotopic (exact) mass is 220 g/mol. The Balaban J connectivity index is 1.76. The van der Waals surface area contributed by atoms with Crippen molar-refractivity contribution < 1.29 is 0 Å².